The van der Waals surface area contributed by atoms with Gasteiger partial charge in [0, 0.05) is 57.2 Å². The van der Waals surface area contributed by atoms with Crippen LogP contribution in [0.3, 0.4) is 0 Å². The van der Waals surface area contributed by atoms with E-state index >= 15 is 0 Å². The molecule has 3 fully saturated rings. The molecule has 1 unspecified atom stereocenters. The number of imide groups is 1. The molecule has 4 heterocycles. The topological polar surface area (TPSA) is 81.8 Å². The zero-order valence-electron chi connectivity index (χ0n) is 16.8. The highest BCUT2D eigenvalue weighted by Crippen LogP contribution is 2.50. The van der Waals surface area contributed by atoms with Gasteiger partial charge in [-0.05, 0) is 23.6 Å². The number of amides is 3. The third kappa shape index (κ3) is 3.23. The molecule has 0 spiro atoms. The predicted octanol–water partition coefficient (Wildman–Crippen LogP) is 1.03. The van der Waals surface area contributed by atoms with Crippen LogP contribution in [0.15, 0.2) is 18.2 Å². The molecule has 4 aliphatic heterocycles. The highest BCUT2D eigenvalue weighted by atomic mass is 19.4. The van der Waals surface area contributed by atoms with Crippen LogP contribution in [0.25, 0.3) is 0 Å². The van der Waals surface area contributed by atoms with Crippen molar-refractivity contribution in [2.45, 2.75) is 38.1 Å². The predicted molar refractivity (Wildman–Crippen MR) is 103 cm³/mol. The Hall–Kier alpha value is -2.46. The van der Waals surface area contributed by atoms with E-state index in [0.717, 1.165) is 11.1 Å². The summed E-state index contributed by atoms with van der Waals surface area (Å²) < 4.78 is 41.3. The lowest BCUT2D eigenvalue weighted by Crippen LogP contribution is -2.52. The van der Waals surface area contributed by atoms with Crippen molar-refractivity contribution in [3.63, 3.8) is 0 Å². The second-order valence-electron chi connectivity index (χ2n) is 9.04. The van der Waals surface area contributed by atoms with Gasteiger partial charge in [0.25, 0.3) is 5.91 Å². The molecule has 0 saturated carbocycles. The Labute approximate surface area is 176 Å². The van der Waals surface area contributed by atoms with Crippen molar-refractivity contribution in [2.75, 3.05) is 26.2 Å². The van der Waals surface area contributed by atoms with Crippen LogP contribution in [0.2, 0.25) is 0 Å². The number of hydrogen-bond acceptors (Lipinski definition) is 5. The number of carbonyl (C=O) groups excluding carboxylic acids is 3. The molecule has 4 aliphatic rings. The van der Waals surface area contributed by atoms with Gasteiger partial charge in [-0.25, -0.2) is 0 Å². The summed E-state index contributed by atoms with van der Waals surface area (Å²) in [6.45, 7) is 1.24. The van der Waals surface area contributed by atoms with Crippen LogP contribution in [-0.2, 0) is 22.7 Å². The van der Waals surface area contributed by atoms with Gasteiger partial charge in [0.1, 0.15) is 6.04 Å². The molecular formula is C21H23F3N4O3. The van der Waals surface area contributed by atoms with Gasteiger partial charge in [-0.2, -0.15) is 13.2 Å². The summed E-state index contributed by atoms with van der Waals surface area (Å²) in [4.78, 5) is 39.8. The molecule has 0 aliphatic carbocycles. The number of nitrogens with zero attached hydrogens (tertiary/aromatic N) is 2. The highest BCUT2D eigenvalue weighted by Gasteiger charge is 2.64. The second kappa shape index (κ2) is 7.03. The molecule has 7 nitrogen and oxygen atoms in total. The van der Waals surface area contributed by atoms with Gasteiger partial charge in [-0.3, -0.25) is 24.6 Å². The van der Waals surface area contributed by atoms with Gasteiger partial charge in [0.05, 0.1) is 5.41 Å². The number of piperidine rings is 1. The van der Waals surface area contributed by atoms with Crippen LogP contribution >= 0.6 is 0 Å². The first-order valence-corrected chi connectivity index (χ1v) is 10.4. The number of rotatable bonds is 3. The molecular weight excluding hydrogens is 413 g/mol. The Bertz CT molecular complexity index is 966. The molecule has 1 aromatic carbocycles. The third-order valence-corrected chi connectivity index (χ3v) is 7.16. The van der Waals surface area contributed by atoms with Crippen LogP contribution in [0.4, 0.5) is 13.2 Å². The minimum atomic E-state index is -4.26. The fourth-order valence-corrected chi connectivity index (χ4v) is 5.51. The summed E-state index contributed by atoms with van der Waals surface area (Å²) in [5.41, 5.74) is 0.339. The van der Waals surface area contributed by atoms with Crippen LogP contribution in [0.5, 0.6) is 0 Å². The normalized spacial score (nSPS) is 31.2. The molecule has 2 N–H and O–H groups in total. The van der Waals surface area contributed by atoms with E-state index in [2.05, 4.69) is 10.6 Å². The average molecular weight is 436 g/mol. The van der Waals surface area contributed by atoms with E-state index in [9.17, 15) is 27.6 Å². The van der Waals surface area contributed by atoms with Crippen LogP contribution in [-0.4, -0.2) is 65.9 Å². The van der Waals surface area contributed by atoms with Crippen molar-refractivity contribution in [1.29, 1.82) is 0 Å². The van der Waals surface area contributed by atoms with E-state index in [-0.39, 0.29) is 37.9 Å². The molecule has 0 radical (unpaired) electrons. The van der Waals surface area contributed by atoms with Crippen molar-refractivity contribution >= 4 is 17.7 Å². The SMILES string of the molecule is O=C1CCC(N2Cc3ccc(CN4C[C@H]5CNC[C@@]5(C(F)(F)F)C4)cc3C2=O)C(=O)N1. The largest absolute Gasteiger partial charge is 0.397 e. The number of nitrogens with one attached hydrogen (secondary N) is 2. The van der Waals surface area contributed by atoms with Crippen LogP contribution in [0, 0.1) is 11.3 Å². The summed E-state index contributed by atoms with van der Waals surface area (Å²) in [6, 6.07) is 4.70. The van der Waals surface area contributed by atoms with Crippen LogP contribution < -0.4 is 10.6 Å². The summed E-state index contributed by atoms with van der Waals surface area (Å²) >= 11 is 0. The molecule has 0 aromatic heterocycles. The van der Waals surface area contributed by atoms with Gasteiger partial charge in [0.2, 0.25) is 11.8 Å². The number of alkyl halides is 3. The minimum absolute atomic E-state index is 0.0540. The van der Waals surface area contributed by atoms with Crippen molar-refractivity contribution in [3.8, 4) is 0 Å². The van der Waals surface area contributed by atoms with E-state index < -0.39 is 29.5 Å². The molecule has 3 atom stereocenters. The summed E-state index contributed by atoms with van der Waals surface area (Å²) in [5, 5.41) is 5.16. The van der Waals surface area contributed by atoms with Gasteiger partial charge in [0.15, 0.2) is 0 Å². The molecule has 5 rings (SSSR count). The molecule has 0 bridgehead atoms. The number of hydrogen-bond donors (Lipinski definition) is 2. The monoisotopic (exact) mass is 436 g/mol. The van der Waals surface area contributed by atoms with Crippen molar-refractivity contribution in [3.05, 3.63) is 34.9 Å². The lowest BCUT2D eigenvalue weighted by Gasteiger charge is -2.30. The van der Waals surface area contributed by atoms with Crippen molar-refractivity contribution < 1.29 is 27.6 Å². The number of carbonyl (C=O) groups is 3. The molecule has 3 amide bonds. The van der Waals surface area contributed by atoms with Gasteiger partial charge < -0.3 is 10.2 Å². The fraction of sp³-hybridized carbons (Fsp3) is 0.571. The Morgan fingerprint density at radius 3 is 2.71 bits per heavy atom. The van der Waals surface area contributed by atoms with Crippen molar-refractivity contribution in [1.82, 2.24) is 20.4 Å². The maximum absolute atomic E-state index is 13.8. The zero-order chi connectivity index (χ0) is 22.0. The molecule has 31 heavy (non-hydrogen) atoms. The van der Waals surface area contributed by atoms with Gasteiger partial charge in [-0.15, -0.1) is 0 Å². The standard InChI is InChI=1S/C21H23F3N4O3/c22-21(23,24)20-10-25-6-14(20)9-27(11-20)7-12-1-2-13-8-28(19(31)15(13)5-12)16-3-4-17(29)26-18(16)30/h1-2,5,14,16,25H,3-4,6-11H2,(H,26,29,30)/t14-,16?,20-/m1/s1. The average Bonchev–Trinajstić information content (AvgIpc) is 3.34. The summed E-state index contributed by atoms with van der Waals surface area (Å²) in [7, 11) is 0. The van der Waals surface area contributed by atoms with E-state index in [1.54, 1.807) is 6.07 Å². The first-order chi connectivity index (χ1) is 14.7. The minimum Gasteiger partial charge on any atom is -0.322 e. The van der Waals surface area contributed by atoms with E-state index in [0.29, 0.717) is 31.6 Å². The first-order valence-electron chi connectivity index (χ1n) is 10.4. The smallest absolute Gasteiger partial charge is 0.322 e. The lowest BCUT2D eigenvalue weighted by atomic mass is 9.80. The number of halogens is 3. The maximum atomic E-state index is 13.8. The van der Waals surface area contributed by atoms with Crippen LogP contribution in [0.1, 0.15) is 34.3 Å². The maximum Gasteiger partial charge on any atom is 0.397 e. The Morgan fingerprint density at radius 1 is 1.19 bits per heavy atom. The molecule has 166 valence electrons. The lowest BCUT2D eigenvalue weighted by molar-refractivity contribution is -0.221. The number of likely N-dealkylation sites (tertiary alicyclic amines) is 1. The Kier molecular flexibility index (Phi) is 4.63. The quantitative estimate of drug-likeness (QED) is 0.692. The Balaban J connectivity index is 1.31. The molecule has 3 saturated heterocycles. The highest BCUT2D eigenvalue weighted by molar-refractivity contribution is 6.05. The molecule has 1 aromatic rings. The van der Waals surface area contributed by atoms with E-state index in [1.807, 2.05) is 17.0 Å². The number of fused-ring (bicyclic) bond motifs is 2. The second-order valence-corrected chi connectivity index (χ2v) is 9.04. The fourth-order valence-electron chi connectivity index (χ4n) is 5.51. The van der Waals surface area contributed by atoms with Gasteiger partial charge >= 0.3 is 6.18 Å². The van der Waals surface area contributed by atoms with E-state index in [1.165, 1.54) is 4.90 Å². The first kappa shape index (κ1) is 20.4. The summed E-state index contributed by atoms with van der Waals surface area (Å²) in [5.74, 6) is -1.55. The third-order valence-electron chi connectivity index (χ3n) is 7.16. The molecule has 10 heteroatoms. The van der Waals surface area contributed by atoms with Gasteiger partial charge in [-0.1, -0.05) is 12.1 Å². The number of benzene rings is 1. The van der Waals surface area contributed by atoms with E-state index in [4.69, 9.17) is 0 Å². The van der Waals surface area contributed by atoms with Crippen molar-refractivity contribution in [2.24, 2.45) is 11.3 Å². The summed E-state index contributed by atoms with van der Waals surface area (Å²) in [6.07, 6.45) is -3.78. The Morgan fingerprint density at radius 2 is 2.00 bits per heavy atom. The zero-order valence-corrected chi connectivity index (χ0v) is 16.8.